The van der Waals surface area contributed by atoms with Crippen molar-refractivity contribution in [1.82, 2.24) is 0 Å². The van der Waals surface area contributed by atoms with Crippen molar-refractivity contribution in [3.05, 3.63) is 57.4 Å². The summed E-state index contributed by atoms with van der Waals surface area (Å²) < 4.78 is 27.0. The van der Waals surface area contributed by atoms with E-state index in [0.717, 1.165) is 0 Å². The Labute approximate surface area is 171 Å². The van der Waals surface area contributed by atoms with Gasteiger partial charge in [-0.25, -0.2) is 9.59 Å². The monoisotopic (exact) mass is 412 g/mol. The number of ether oxygens (including phenoxy) is 4. The van der Waals surface area contributed by atoms with Crippen LogP contribution in [0.3, 0.4) is 0 Å². The van der Waals surface area contributed by atoms with Crippen molar-refractivity contribution in [2.24, 2.45) is 0 Å². The maximum absolute atomic E-state index is 12.7. The molecule has 0 amide bonds. The number of hydrogen-bond acceptors (Lipinski definition) is 8. The van der Waals surface area contributed by atoms with Crippen LogP contribution in [0.25, 0.3) is 11.0 Å². The Morgan fingerprint density at radius 1 is 1.10 bits per heavy atom. The summed E-state index contributed by atoms with van der Waals surface area (Å²) in [5.74, 6) is 0.653. The number of fused-ring (bicyclic) bond motifs is 2. The van der Waals surface area contributed by atoms with Gasteiger partial charge in [-0.2, -0.15) is 0 Å². The molecule has 156 valence electrons. The molecule has 0 saturated heterocycles. The molecule has 0 bridgehead atoms. The largest absolute Gasteiger partial charge is 0.508 e. The summed E-state index contributed by atoms with van der Waals surface area (Å²) >= 11 is 0. The van der Waals surface area contributed by atoms with Gasteiger partial charge in [0.25, 0.3) is 0 Å². The summed E-state index contributed by atoms with van der Waals surface area (Å²) in [6, 6.07) is 7.44. The standard InChI is InChI=1S/C22H20O8/c1-3-12-6-15-14(9-20(24)30-17(15)10-16(12)23)11-29-22(25)13-7-18(26-2)21-19(8-13)27-4-5-28-21/h6-10,23H,3-5,11H2,1-2H3. The molecule has 2 aromatic carbocycles. The first-order valence-electron chi connectivity index (χ1n) is 9.43. The molecule has 3 aromatic rings. The topological polar surface area (TPSA) is 104 Å². The molecule has 2 heterocycles. The van der Waals surface area contributed by atoms with Gasteiger partial charge in [-0.1, -0.05) is 6.92 Å². The Morgan fingerprint density at radius 3 is 2.67 bits per heavy atom. The van der Waals surface area contributed by atoms with E-state index >= 15 is 0 Å². The highest BCUT2D eigenvalue weighted by Crippen LogP contribution is 2.40. The molecule has 0 aliphatic carbocycles. The highest BCUT2D eigenvalue weighted by atomic mass is 16.6. The molecule has 0 atom stereocenters. The maximum atomic E-state index is 12.7. The van der Waals surface area contributed by atoms with Gasteiger partial charge >= 0.3 is 11.6 Å². The van der Waals surface area contributed by atoms with E-state index in [1.165, 1.54) is 31.4 Å². The van der Waals surface area contributed by atoms with Crippen LogP contribution in [0.1, 0.15) is 28.4 Å². The molecule has 0 saturated carbocycles. The average Bonchev–Trinajstić information content (AvgIpc) is 2.75. The molecule has 1 aliphatic heterocycles. The van der Waals surface area contributed by atoms with Crippen LogP contribution in [0.5, 0.6) is 23.0 Å². The van der Waals surface area contributed by atoms with E-state index in [-0.39, 0.29) is 23.5 Å². The zero-order valence-corrected chi connectivity index (χ0v) is 16.5. The number of aryl methyl sites for hydroxylation is 1. The molecular weight excluding hydrogens is 392 g/mol. The molecule has 0 spiro atoms. The molecule has 0 radical (unpaired) electrons. The minimum absolute atomic E-state index is 0.0469. The minimum Gasteiger partial charge on any atom is -0.508 e. The van der Waals surface area contributed by atoms with Gasteiger partial charge in [0, 0.05) is 23.1 Å². The van der Waals surface area contributed by atoms with Crippen LogP contribution >= 0.6 is 0 Å². The molecule has 1 aliphatic rings. The number of esters is 1. The fraction of sp³-hybridized carbons (Fsp3) is 0.273. The Balaban J connectivity index is 1.63. The first-order chi connectivity index (χ1) is 14.5. The van der Waals surface area contributed by atoms with E-state index in [0.29, 0.717) is 53.4 Å². The highest BCUT2D eigenvalue weighted by molar-refractivity contribution is 5.91. The third-order valence-corrected chi connectivity index (χ3v) is 4.83. The second-order valence-electron chi connectivity index (χ2n) is 6.70. The van der Waals surface area contributed by atoms with E-state index < -0.39 is 11.6 Å². The van der Waals surface area contributed by atoms with Gasteiger partial charge in [0.1, 0.15) is 31.2 Å². The molecular formula is C22H20O8. The third kappa shape index (κ3) is 3.63. The van der Waals surface area contributed by atoms with Crippen LogP contribution in [0, 0.1) is 0 Å². The summed E-state index contributed by atoms with van der Waals surface area (Å²) in [5, 5.41) is 10.6. The lowest BCUT2D eigenvalue weighted by Gasteiger charge is -2.21. The Morgan fingerprint density at radius 2 is 1.90 bits per heavy atom. The number of methoxy groups -OCH3 is 1. The number of phenolic OH excluding ortho intramolecular Hbond substituents is 1. The lowest BCUT2D eigenvalue weighted by atomic mass is 10.0. The van der Waals surface area contributed by atoms with Crippen molar-refractivity contribution in [2.75, 3.05) is 20.3 Å². The first kappa shape index (κ1) is 19.6. The summed E-state index contributed by atoms with van der Waals surface area (Å²) in [6.07, 6.45) is 0.594. The van der Waals surface area contributed by atoms with Gasteiger partial charge in [0.2, 0.25) is 5.75 Å². The van der Waals surface area contributed by atoms with E-state index in [2.05, 4.69) is 0 Å². The van der Waals surface area contributed by atoms with Crippen molar-refractivity contribution >= 4 is 16.9 Å². The first-order valence-corrected chi connectivity index (χ1v) is 9.43. The Bertz CT molecular complexity index is 1160. The quantitative estimate of drug-likeness (QED) is 0.503. The van der Waals surface area contributed by atoms with E-state index in [1.54, 1.807) is 6.07 Å². The molecule has 8 heteroatoms. The zero-order chi connectivity index (χ0) is 21.3. The predicted octanol–water partition coefficient (Wildman–Crippen LogP) is 3.20. The SMILES string of the molecule is CCc1cc2c(COC(=O)c3cc(OC)c4c(c3)OCCO4)cc(=O)oc2cc1O. The summed E-state index contributed by atoms with van der Waals surface area (Å²) in [6.45, 7) is 2.51. The van der Waals surface area contributed by atoms with Gasteiger partial charge in [-0.3, -0.25) is 0 Å². The molecule has 1 N–H and O–H groups in total. The summed E-state index contributed by atoms with van der Waals surface area (Å²) in [7, 11) is 1.47. The number of carbonyl (C=O) groups excluding carboxylic acids is 1. The van der Waals surface area contributed by atoms with Gasteiger partial charge in [-0.15, -0.1) is 0 Å². The molecule has 4 rings (SSSR count). The predicted molar refractivity (Wildman–Crippen MR) is 107 cm³/mol. The number of benzene rings is 2. The Kier molecular flexibility index (Phi) is 5.22. The summed E-state index contributed by atoms with van der Waals surface area (Å²) in [4.78, 5) is 24.5. The normalized spacial score (nSPS) is 12.6. The fourth-order valence-electron chi connectivity index (χ4n) is 3.33. The van der Waals surface area contributed by atoms with E-state index in [4.69, 9.17) is 23.4 Å². The number of carbonyl (C=O) groups is 1. The van der Waals surface area contributed by atoms with Gasteiger partial charge in [-0.05, 0) is 30.2 Å². The van der Waals surface area contributed by atoms with Crippen molar-refractivity contribution < 1.29 is 33.3 Å². The molecule has 30 heavy (non-hydrogen) atoms. The minimum atomic E-state index is -0.610. The number of rotatable bonds is 5. The van der Waals surface area contributed by atoms with Crippen molar-refractivity contribution in [3.8, 4) is 23.0 Å². The van der Waals surface area contributed by atoms with Crippen LogP contribution in [-0.2, 0) is 17.8 Å². The lowest BCUT2D eigenvalue weighted by Crippen LogP contribution is -2.17. The van der Waals surface area contributed by atoms with Crippen molar-refractivity contribution in [1.29, 1.82) is 0 Å². The van der Waals surface area contributed by atoms with Crippen molar-refractivity contribution in [3.63, 3.8) is 0 Å². The summed E-state index contributed by atoms with van der Waals surface area (Å²) in [5.41, 5.74) is 1.03. The smallest absolute Gasteiger partial charge is 0.338 e. The lowest BCUT2D eigenvalue weighted by molar-refractivity contribution is 0.0472. The van der Waals surface area contributed by atoms with E-state index in [1.807, 2.05) is 6.92 Å². The molecule has 8 nitrogen and oxygen atoms in total. The number of aromatic hydroxyl groups is 1. The van der Waals surface area contributed by atoms with Crippen LogP contribution < -0.4 is 19.8 Å². The Hall–Kier alpha value is -3.68. The van der Waals surface area contributed by atoms with Crippen LogP contribution in [0.15, 0.2) is 39.5 Å². The number of hydrogen-bond donors (Lipinski definition) is 1. The van der Waals surface area contributed by atoms with Gasteiger partial charge < -0.3 is 28.5 Å². The van der Waals surface area contributed by atoms with Crippen LogP contribution in [-0.4, -0.2) is 31.4 Å². The third-order valence-electron chi connectivity index (χ3n) is 4.83. The van der Waals surface area contributed by atoms with Gasteiger partial charge in [0.15, 0.2) is 11.5 Å². The van der Waals surface area contributed by atoms with Crippen LogP contribution in [0.2, 0.25) is 0 Å². The molecule has 1 aromatic heterocycles. The van der Waals surface area contributed by atoms with E-state index in [9.17, 15) is 14.7 Å². The zero-order valence-electron chi connectivity index (χ0n) is 16.5. The maximum Gasteiger partial charge on any atom is 0.338 e. The average molecular weight is 412 g/mol. The van der Waals surface area contributed by atoms with Crippen LogP contribution in [0.4, 0.5) is 0 Å². The van der Waals surface area contributed by atoms with Crippen molar-refractivity contribution in [2.45, 2.75) is 20.0 Å². The highest BCUT2D eigenvalue weighted by Gasteiger charge is 2.22. The molecule has 0 fully saturated rings. The number of phenols is 1. The second-order valence-corrected chi connectivity index (χ2v) is 6.70. The fourth-order valence-corrected chi connectivity index (χ4v) is 3.33. The second kappa shape index (κ2) is 7.98. The van der Waals surface area contributed by atoms with Gasteiger partial charge in [0.05, 0.1) is 12.7 Å². The molecule has 0 unspecified atom stereocenters.